The summed E-state index contributed by atoms with van der Waals surface area (Å²) in [5, 5.41) is 20.1. The van der Waals surface area contributed by atoms with Crippen LogP contribution >= 0.6 is 0 Å². The van der Waals surface area contributed by atoms with E-state index >= 15 is 0 Å². The van der Waals surface area contributed by atoms with E-state index in [0.717, 1.165) is 30.7 Å². The van der Waals surface area contributed by atoms with E-state index in [1.165, 1.54) is 34.7 Å². The topological polar surface area (TPSA) is 53.9 Å². The number of hydrogen-bond acceptors (Lipinski definition) is 4. The van der Waals surface area contributed by atoms with Gasteiger partial charge in [-0.15, -0.1) is 0 Å². The van der Waals surface area contributed by atoms with Crippen molar-refractivity contribution in [2.24, 2.45) is 5.16 Å². The lowest BCUT2D eigenvalue weighted by Gasteiger charge is -2.10. The maximum Gasteiger partial charge on any atom is 0.225 e. The zero-order chi connectivity index (χ0) is 16.5. The molecule has 4 nitrogen and oxygen atoms in total. The van der Waals surface area contributed by atoms with Crippen LogP contribution in [0.1, 0.15) is 42.4 Å². The fraction of sp³-hybridized carbons (Fsp3) is 0.450. The van der Waals surface area contributed by atoms with Crippen LogP contribution in [0.2, 0.25) is 0 Å². The number of nitrogens with one attached hydrogen (secondary N) is 1. The number of fused-ring (bicyclic) bond motifs is 3. The highest BCUT2D eigenvalue weighted by Crippen LogP contribution is 2.31. The summed E-state index contributed by atoms with van der Waals surface area (Å²) < 4.78 is 0. The molecule has 0 aromatic heterocycles. The smallest absolute Gasteiger partial charge is 0.225 e. The van der Waals surface area contributed by atoms with Crippen molar-refractivity contribution in [1.82, 2.24) is 5.32 Å². The van der Waals surface area contributed by atoms with Crippen molar-refractivity contribution in [3.63, 3.8) is 0 Å². The average Bonchev–Trinajstić information content (AvgIpc) is 3.30. The van der Waals surface area contributed by atoms with Crippen LogP contribution < -0.4 is 5.32 Å². The normalized spacial score (nSPS) is 19.7. The van der Waals surface area contributed by atoms with Gasteiger partial charge in [-0.05, 0) is 48.9 Å². The second-order valence-electron chi connectivity index (χ2n) is 6.93. The average molecular weight is 324 g/mol. The second kappa shape index (κ2) is 6.54. The molecular weight excluding hydrogens is 300 g/mol. The fourth-order valence-corrected chi connectivity index (χ4v) is 3.40. The van der Waals surface area contributed by atoms with Crippen LogP contribution in [-0.4, -0.2) is 29.7 Å². The quantitative estimate of drug-likeness (QED) is 0.633. The first kappa shape index (κ1) is 15.6. The molecule has 0 spiro atoms. The fourth-order valence-electron chi connectivity index (χ4n) is 3.40. The van der Waals surface area contributed by atoms with Crippen LogP contribution in [0.15, 0.2) is 35.5 Å². The number of benzene rings is 2. The van der Waals surface area contributed by atoms with Gasteiger partial charge in [-0.3, -0.25) is 0 Å². The number of nitrogens with zero attached hydrogens (tertiary/aromatic N) is 1. The zero-order valence-corrected chi connectivity index (χ0v) is 14.1. The Bertz CT molecular complexity index is 781. The third-order valence-corrected chi connectivity index (χ3v) is 4.90. The van der Waals surface area contributed by atoms with Gasteiger partial charge in [0.1, 0.15) is 0 Å². The van der Waals surface area contributed by atoms with Crippen LogP contribution in [-0.2, 0) is 11.3 Å². The van der Waals surface area contributed by atoms with Crippen molar-refractivity contribution >= 4 is 16.5 Å². The Balaban J connectivity index is 1.45. The molecule has 2 aliphatic carbocycles. The molecule has 126 valence electrons. The molecule has 24 heavy (non-hydrogen) atoms. The Labute approximate surface area is 142 Å². The largest absolute Gasteiger partial charge is 0.364 e. The van der Waals surface area contributed by atoms with Crippen LogP contribution in [0, 0.1) is 6.92 Å². The minimum absolute atomic E-state index is 0.567. The Morgan fingerprint density at radius 3 is 2.96 bits per heavy atom. The lowest BCUT2D eigenvalue weighted by Crippen LogP contribution is -2.23. The minimum Gasteiger partial charge on any atom is -0.364 e. The minimum atomic E-state index is -0.837. The molecule has 1 atom stereocenters. The third kappa shape index (κ3) is 3.30. The Morgan fingerprint density at radius 2 is 2.12 bits per heavy atom. The van der Waals surface area contributed by atoms with Gasteiger partial charge in [0, 0.05) is 24.6 Å². The van der Waals surface area contributed by atoms with E-state index in [0.29, 0.717) is 12.5 Å². The molecule has 2 aromatic carbocycles. The van der Waals surface area contributed by atoms with Gasteiger partial charge >= 0.3 is 0 Å². The molecule has 0 saturated heterocycles. The van der Waals surface area contributed by atoms with Crippen molar-refractivity contribution in [1.29, 1.82) is 0 Å². The number of hydrogen-bond donors (Lipinski definition) is 2. The summed E-state index contributed by atoms with van der Waals surface area (Å²) in [5.41, 5.74) is 4.73. The summed E-state index contributed by atoms with van der Waals surface area (Å²) in [7, 11) is 0. The molecule has 2 aliphatic rings. The van der Waals surface area contributed by atoms with Crippen molar-refractivity contribution in [2.75, 3.05) is 6.54 Å². The number of aryl methyl sites for hydroxylation is 2. The summed E-state index contributed by atoms with van der Waals surface area (Å²) in [6, 6.07) is 11.5. The highest BCUT2D eigenvalue weighted by molar-refractivity contribution is 6.08. The molecule has 0 bridgehead atoms. The van der Waals surface area contributed by atoms with E-state index in [9.17, 15) is 5.11 Å². The Hall–Kier alpha value is -1.91. The second-order valence-corrected chi connectivity index (χ2v) is 6.93. The van der Waals surface area contributed by atoms with Crippen molar-refractivity contribution in [2.45, 2.75) is 51.4 Å². The van der Waals surface area contributed by atoms with Gasteiger partial charge in [0.2, 0.25) is 6.29 Å². The molecule has 4 heteroatoms. The molecule has 2 N–H and O–H groups in total. The van der Waals surface area contributed by atoms with Crippen LogP contribution in [0.5, 0.6) is 0 Å². The van der Waals surface area contributed by atoms with Gasteiger partial charge in [-0.2, -0.15) is 0 Å². The first-order chi connectivity index (χ1) is 11.7. The SMILES string of the molecule is Cc1ccc2c3c(ccc2c1)/C(=N/OC(O)CCNC1CC1)CC3. The lowest BCUT2D eigenvalue weighted by molar-refractivity contribution is -0.101. The molecule has 0 aliphatic heterocycles. The first-order valence-electron chi connectivity index (χ1n) is 8.87. The van der Waals surface area contributed by atoms with E-state index in [-0.39, 0.29) is 0 Å². The molecule has 0 amide bonds. The van der Waals surface area contributed by atoms with E-state index in [2.05, 4.69) is 47.7 Å². The highest BCUT2D eigenvalue weighted by atomic mass is 16.7. The Morgan fingerprint density at radius 1 is 1.25 bits per heavy atom. The van der Waals surface area contributed by atoms with Gasteiger partial charge < -0.3 is 15.3 Å². The third-order valence-electron chi connectivity index (χ3n) is 4.90. The molecular formula is C20H24N2O2. The zero-order valence-electron chi connectivity index (χ0n) is 14.1. The Kier molecular flexibility index (Phi) is 4.25. The van der Waals surface area contributed by atoms with Crippen LogP contribution in [0.4, 0.5) is 0 Å². The summed E-state index contributed by atoms with van der Waals surface area (Å²) in [5.74, 6) is 0. The molecule has 4 rings (SSSR count). The summed E-state index contributed by atoms with van der Waals surface area (Å²) in [6.07, 6.45) is 4.09. The van der Waals surface area contributed by atoms with E-state index in [1.54, 1.807) is 0 Å². The molecule has 0 heterocycles. The van der Waals surface area contributed by atoms with Crippen molar-refractivity contribution in [3.8, 4) is 0 Å². The number of aliphatic hydroxyl groups is 1. The maximum atomic E-state index is 9.92. The number of aliphatic hydroxyl groups excluding tert-OH is 1. The molecule has 2 aromatic rings. The van der Waals surface area contributed by atoms with Gasteiger partial charge in [0.15, 0.2) is 0 Å². The van der Waals surface area contributed by atoms with E-state index in [4.69, 9.17) is 4.84 Å². The van der Waals surface area contributed by atoms with Crippen molar-refractivity contribution in [3.05, 3.63) is 47.0 Å². The molecule has 1 unspecified atom stereocenters. The van der Waals surface area contributed by atoms with Gasteiger partial charge in [0.05, 0.1) is 5.71 Å². The highest BCUT2D eigenvalue weighted by Gasteiger charge is 2.22. The van der Waals surface area contributed by atoms with Gasteiger partial charge in [-0.25, -0.2) is 0 Å². The maximum absolute atomic E-state index is 9.92. The lowest BCUT2D eigenvalue weighted by atomic mass is 9.99. The monoisotopic (exact) mass is 324 g/mol. The first-order valence-corrected chi connectivity index (χ1v) is 8.87. The van der Waals surface area contributed by atoms with Crippen LogP contribution in [0.25, 0.3) is 10.8 Å². The van der Waals surface area contributed by atoms with Gasteiger partial charge in [0.25, 0.3) is 0 Å². The summed E-state index contributed by atoms with van der Waals surface area (Å²) in [6.45, 7) is 2.89. The van der Waals surface area contributed by atoms with E-state index < -0.39 is 6.29 Å². The van der Waals surface area contributed by atoms with Gasteiger partial charge in [-0.1, -0.05) is 41.1 Å². The standard InChI is InChI=1S/C20H24N2O2/c1-13-2-6-16-14(12-13)3-7-18-17(16)8-9-19(18)22-24-20(23)10-11-21-15-4-5-15/h2-3,6-7,12,15,20-21,23H,4-5,8-11H2,1H3/b22-19+. The number of oxime groups is 1. The molecule has 0 radical (unpaired) electrons. The number of rotatable bonds is 6. The summed E-state index contributed by atoms with van der Waals surface area (Å²) in [4.78, 5) is 5.32. The predicted octanol–water partition coefficient (Wildman–Crippen LogP) is 3.28. The van der Waals surface area contributed by atoms with Crippen LogP contribution in [0.3, 0.4) is 0 Å². The molecule has 1 saturated carbocycles. The van der Waals surface area contributed by atoms with E-state index in [1.807, 2.05) is 0 Å². The predicted molar refractivity (Wildman–Crippen MR) is 96.3 cm³/mol. The van der Waals surface area contributed by atoms with Crippen molar-refractivity contribution < 1.29 is 9.94 Å². The molecule has 1 fully saturated rings. The summed E-state index contributed by atoms with van der Waals surface area (Å²) >= 11 is 0.